The summed E-state index contributed by atoms with van der Waals surface area (Å²) in [5.41, 5.74) is 3.14. The third-order valence-electron chi connectivity index (χ3n) is 4.91. The van der Waals surface area contributed by atoms with Crippen LogP contribution in [0.3, 0.4) is 0 Å². The maximum atomic E-state index is 12.6. The number of benzene rings is 2. The van der Waals surface area contributed by atoms with Gasteiger partial charge in [-0.25, -0.2) is 4.98 Å². The lowest BCUT2D eigenvalue weighted by molar-refractivity contribution is -0.387. The van der Waals surface area contributed by atoms with Crippen molar-refractivity contribution in [1.82, 2.24) is 10.3 Å². The number of nitrogens with zero attached hydrogens (tertiary/aromatic N) is 3. The van der Waals surface area contributed by atoms with Gasteiger partial charge < -0.3 is 10.2 Å². The molecule has 10 heteroatoms. The lowest BCUT2D eigenvalue weighted by atomic mass is 10.1. The van der Waals surface area contributed by atoms with Crippen molar-refractivity contribution in [2.75, 3.05) is 25.5 Å². The fourth-order valence-electron chi connectivity index (χ4n) is 3.22. The number of hydrogen-bond donors (Lipinski definition) is 1. The van der Waals surface area contributed by atoms with Crippen LogP contribution in [0.25, 0.3) is 10.2 Å². The molecule has 0 aliphatic carbocycles. The first-order chi connectivity index (χ1) is 15.9. The lowest BCUT2D eigenvalue weighted by Crippen LogP contribution is -2.23. The van der Waals surface area contributed by atoms with Crippen molar-refractivity contribution in [3.05, 3.63) is 75.2 Å². The van der Waals surface area contributed by atoms with Crippen LogP contribution in [0, 0.1) is 10.1 Å². The maximum Gasteiger partial charge on any atom is 0.294 e. The Kier molecular flexibility index (Phi) is 7.26. The van der Waals surface area contributed by atoms with Gasteiger partial charge in [0.1, 0.15) is 9.09 Å². The quantitative estimate of drug-likeness (QED) is 0.177. The highest BCUT2D eigenvalue weighted by atomic mass is 32.2. The van der Waals surface area contributed by atoms with Gasteiger partial charge in [0.15, 0.2) is 4.34 Å². The van der Waals surface area contributed by atoms with Crippen LogP contribution in [-0.4, -0.2) is 36.5 Å². The second-order valence-electron chi connectivity index (χ2n) is 7.51. The average molecular weight is 499 g/mol. The molecule has 1 amide bonds. The van der Waals surface area contributed by atoms with E-state index in [1.807, 2.05) is 44.4 Å². The zero-order valence-electron chi connectivity index (χ0n) is 18.1. The van der Waals surface area contributed by atoms with Crippen molar-refractivity contribution in [2.45, 2.75) is 21.4 Å². The van der Waals surface area contributed by atoms with E-state index in [0.717, 1.165) is 40.1 Å². The number of nitrogens with one attached hydrogen (secondary N) is 1. The monoisotopic (exact) mass is 498 g/mol. The molecule has 0 radical (unpaired) electrons. The van der Waals surface area contributed by atoms with Gasteiger partial charge in [-0.3, -0.25) is 14.9 Å². The van der Waals surface area contributed by atoms with Gasteiger partial charge in [0, 0.05) is 32.4 Å². The molecule has 4 aromatic rings. The molecule has 2 heterocycles. The van der Waals surface area contributed by atoms with Gasteiger partial charge in [0.2, 0.25) is 0 Å². The molecule has 2 aromatic heterocycles. The molecule has 4 rings (SSSR count). The number of anilines is 1. The number of aromatic nitrogens is 1. The molecule has 0 atom stereocenters. The maximum absolute atomic E-state index is 12.6. The summed E-state index contributed by atoms with van der Waals surface area (Å²) >= 11 is 3.85. The zero-order chi connectivity index (χ0) is 23.4. The Bertz CT molecular complexity index is 1270. The van der Waals surface area contributed by atoms with Gasteiger partial charge in [-0.1, -0.05) is 24.3 Å². The number of para-hydroxylation sites is 1. The molecule has 7 nitrogen and oxygen atoms in total. The second kappa shape index (κ2) is 10.3. The van der Waals surface area contributed by atoms with Gasteiger partial charge in [-0.15, -0.1) is 22.7 Å². The number of rotatable bonds is 9. The fourth-order valence-corrected chi connectivity index (χ4v) is 6.75. The van der Waals surface area contributed by atoms with Crippen LogP contribution in [0.15, 0.2) is 63.1 Å². The Labute approximate surface area is 203 Å². The molecular weight excluding hydrogens is 476 g/mol. The van der Waals surface area contributed by atoms with Crippen LogP contribution < -0.4 is 10.2 Å². The van der Waals surface area contributed by atoms with E-state index < -0.39 is 4.92 Å². The number of thiazole rings is 1. The van der Waals surface area contributed by atoms with Crippen molar-refractivity contribution < 1.29 is 9.72 Å². The van der Waals surface area contributed by atoms with Crippen molar-refractivity contribution in [3.8, 4) is 0 Å². The highest BCUT2D eigenvalue weighted by Crippen LogP contribution is 2.43. The van der Waals surface area contributed by atoms with Crippen LogP contribution in [0.1, 0.15) is 21.7 Å². The second-order valence-corrected chi connectivity index (χ2v) is 11.1. The van der Waals surface area contributed by atoms with Gasteiger partial charge >= 0.3 is 0 Å². The van der Waals surface area contributed by atoms with E-state index in [-0.39, 0.29) is 11.6 Å². The molecule has 0 spiro atoms. The number of thiophene rings is 1. The van der Waals surface area contributed by atoms with Gasteiger partial charge in [0.05, 0.1) is 15.1 Å². The molecule has 0 saturated carbocycles. The van der Waals surface area contributed by atoms with Crippen molar-refractivity contribution in [3.63, 3.8) is 0 Å². The minimum atomic E-state index is -0.444. The number of hydrogen-bond acceptors (Lipinski definition) is 8. The number of aryl methyl sites for hydroxylation is 1. The van der Waals surface area contributed by atoms with E-state index in [9.17, 15) is 14.9 Å². The molecule has 33 heavy (non-hydrogen) atoms. The first kappa shape index (κ1) is 23.2. The van der Waals surface area contributed by atoms with E-state index >= 15 is 0 Å². The Hall–Kier alpha value is -2.95. The topological polar surface area (TPSA) is 88.4 Å². The number of amides is 1. The number of fused-ring (bicyclic) bond motifs is 1. The normalized spacial score (nSPS) is 11.0. The molecule has 0 unspecified atom stereocenters. The average Bonchev–Trinajstić information content (AvgIpc) is 3.41. The van der Waals surface area contributed by atoms with Crippen molar-refractivity contribution in [2.24, 2.45) is 0 Å². The van der Waals surface area contributed by atoms with Crippen molar-refractivity contribution >= 4 is 61.9 Å². The van der Waals surface area contributed by atoms with Gasteiger partial charge in [-0.05, 0) is 54.4 Å². The standard InChI is InChI=1S/C23H22N4O3S3/c1-26(2)16-9-5-7-15(13-16)8-6-12-24-21(28)20-14-18(27(29)30)22(31-20)33-23-25-17-10-3-4-11-19(17)32-23/h3-5,7,9-11,13-14H,6,8,12H2,1-2H3,(H,24,28). The third-order valence-corrected chi connectivity index (χ3v) is 8.32. The zero-order valence-corrected chi connectivity index (χ0v) is 20.6. The first-order valence-corrected chi connectivity index (χ1v) is 12.7. The van der Waals surface area contributed by atoms with E-state index in [1.165, 1.54) is 34.7 Å². The predicted molar refractivity (Wildman–Crippen MR) is 136 cm³/mol. The van der Waals surface area contributed by atoms with Gasteiger partial charge in [-0.2, -0.15) is 0 Å². The molecule has 0 aliphatic rings. The van der Waals surface area contributed by atoms with Gasteiger partial charge in [0.25, 0.3) is 11.6 Å². The fraction of sp³-hybridized carbons (Fsp3) is 0.217. The van der Waals surface area contributed by atoms with Crippen LogP contribution in [0.2, 0.25) is 0 Å². The molecule has 170 valence electrons. The molecule has 0 bridgehead atoms. The van der Waals surface area contributed by atoms with E-state index in [4.69, 9.17) is 0 Å². The third kappa shape index (κ3) is 5.70. The summed E-state index contributed by atoms with van der Waals surface area (Å²) in [4.78, 5) is 30.7. The first-order valence-electron chi connectivity index (χ1n) is 10.3. The van der Waals surface area contributed by atoms with Crippen molar-refractivity contribution in [1.29, 1.82) is 0 Å². The smallest absolute Gasteiger partial charge is 0.294 e. The summed E-state index contributed by atoms with van der Waals surface area (Å²) < 4.78 is 2.20. The molecule has 0 fully saturated rings. The summed E-state index contributed by atoms with van der Waals surface area (Å²) in [6, 6.07) is 17.4. The molecular formula is C23H22N4O3S3. The summed E-state index contributed by atoms with van der Waals surface area (Å²) in [6.45, 7) is 0.497. The molecule has 1 N–H and O–H groups in total. The highest BCUT2D eigenvalue weighted by molar-refractivity contribution is 8.03. The number of carbonyl (C=O) groups is 1. The van der Waals surface area contributed by atoms with E-state index in [2.05, 4.69) is 33.4 Å². The largest absolute Gasteiger partial charge is 0.378 e. The Balaban J connectivity index is 1.38. The molecule has 0 saturated heterocycles. The molecule has 2 aromatic carbocycles. The van der Waals surface area contributed by atoms with Crippen LogP contribution in [0.5, 0.6) is 0 Å². The van der Waals surface area contributed by atoms with E-state index in [0.29, 0.717) is 20.0 Å². The minimum absolute atomic E-state index is 0.0603. The number of nitro groups is 1. The van der Waals surface area contributed by atoms with E-state index in [1.54, 1.807) is 0 Å². The SMILES string of the molecule is CN(C)c1cccc(CCCNC(=O)c2cc([N+](=O)[O-])c(Sc3nc4ccccc4s3)s2)c1. The number of carbonyl (C=O) groups excluding carboxylic acids is 1. The van der Waals surface area contributed by atoms with Crippen LogP contribution in [-0.2, 0) is 6.42 Å². The molecule has 0 aliphatic heterocycles. The van der Waals surface area contributed by atoms with Crippen LogP contribution >= 0.6 is 34.4 Å². The Morgan fingerprint density at radius 1 is 1.15 bits per heavy atom. The lowest BCUT2D eigenvalue weighted by Gasteiger charge is -2.13. The summed E-state index contributed by atoms with van der Waals surface area (Å²) in [7, 11) is 4.01. The summed E-state index contributed by atoms with van der Waals surface area (Å²) in [6.07, 6.45) is 1.62. The minimum Gasteiger partial charge on any atom is -0.378 e. The van der Waals surface area contributed by atoms with Crippen LogP contribution in [0.4, 0.5) is 11.4 Å². The summed E-state index contributed by atoms with van der Waals surface area (Å²) in [5, 5.41) is 14.4. The highest BCUT2D eigenvalue weighted by Gasteiger charge is 2.24. The Morgan fingerprint density at radius 3 is 2.73 bits per heavy atom. The Morgan fingerprint density at radius 2 is 1.97 bits per heavy atom. The summed E-state index contributed by atoms with van der Waals surface area (Å²) in [5.74, 6) is -0.290. The predicted octanol–water partition coefficient (Wildman–Crippen LogP) is 5.85.